The number of aliphatic imine (C=N–C) groups is 2. The molecule has 1 fully saturated rings. The van der Waals surface area contributed by atoms with Crippen LogP contribution in [0.3, 0.4) is 0 Å². The van der Waals surface area contributed by atoms with Crippen molar-refractivity contribution in [3.63, 3.8) is 0 Å². The molecule has 0 aromatic heterocycles. The first-order valence-electron chi connectivity index (χ1n) is 10.8. The van der Waals surface area contributed by atoms with Crippen LogP contribution in [0.4, 0.5) is 18.9 Å². The zero-order valence-corrected chi connectivity index (χ0v) is 18.8. The lowest BCUT2D eigenvalue weighted by Crippen LogP contribution is -2.39. The topological polar surface area (TPSA) is 71.0 Å². The first kappa shape index (κ1) is 23.4. The van der Waals surface area contributed by atoms with E-state index in [0.29, 0.717) is 35.5 Å². The molecule has 4 rings (SSSR count). The Morgan fingerprint density at radius 2 is 2.06 bits per heavy atom. The summed E-state index contributed by atoms with van der Waals surface area (Å²) in [7, 11) is 0. The number of likely N-dealkylation sites (tertiary alicyclic amines) is 1. The smallest absolute Gasteiger partial charge is 0.366 e. The highest BCUT2D eigenvalue weighted by Gasteiger charge is 2.34. The Bertz CT molecular complexity index is 1130. The number of alkyl halides is 3. The van der Waals surface area contributed by atoms with Gasteiger partial charge in [-0.25, -0.2) is 0 Å². The van der Waals surface area contributed by atoms with Crippen LogP contribution in [0.5, 0.6) is 0 Å². The number of para-hydroxylation sites is 1. The van der Waals surface area contributed by atoms with E-state index in [0.717, 1.165) is 25.6 Å². The molecule has 0 bridgehead atoms. The van der Waals surface area contributed by atoms with Crippen LogP contribution >= 0.6 is 11.6 Å². The van der Waals surface area contributed by atoms with Crippen molar-refractivity contribution in [1.82, 2.24) is 4.90 Å². The lowest BCUT2D eigenvalue weighted by Gasteiger charge is -2.33. The fraction of sp³-hybridized carbons (Fsp3) is 0.375. The second-order valence-corrected chi connectivity index (χ2v) is 8.92. The van der Waals surface area contributed by atoms with E-state index in [1.807, 2.05) is 13.0 Å². The van der Waals surface area contributed by atoms with Crippen molar-refractivity contribution < 1.29 is 18.0 Å². The molecule has 0 aliphatic carbocycles. The molecule has 2 aliphatic rings. The molecule has 2 unspecified atom stereocenters. The minimum atomic E-state index is -4.56. The number of amides is 1. The van der Waals surface area contributed by atoms with Gasteiger partial charge in [0.05, 0.1) is 27.9 Å². The molecule has 2 atom stereocenters. The number of nitrogens with zero attached hydrogens (tertiary/aromatic N) is 3. The number of rotatable bonds is 5. The van der Waals surface area contributed by atoms with Crippen LogP contribution in [0.1, 0.15) is 52.9 Å². The fourth-order valence-electron chi connectivity index (χ4n) is 4.09. The molecule has 2 aromatic rings. The summed E-state index contributed by atoms with van der Waals surface area (Å²) in [5.41, 5.74) is 7.21. The Balaban J connectivity index is 1.82. The number of nitrogens with two attached hydrogens (primary N) is 1. The number of primary amides is 1. The zero-order chi connectivity index (χ0) is 23.8. The van der Waals surface area contributed by atoms with E-state index < -0.39 is 23.7 Å². The largest absolute Gasteiger partial charge is 0.417 e. The maximum Gasteiger partial charge on any atom is 0.417 e. The molecule has 5 nitrogen and oxygen atoms in total. The molecular formula is C24H24ClF3N4O. The van der Waals surface area contributed by atoms with E-state index in [9.17, 15) is 18.0 Å². The number of benzene rings is 2. The Kier molecular flexibility index (Phi) is 6.59. The third-order valence-electron chi connectivity index (χ3n) is 5.96. The molecular weight excluding hydrogens is 453 g/mol. The average Bonchev–Trinajstić information content (AvgIpc) is 2.87. The first-order chi connectivity index (χ1) is 15.6. The van der Waals surface area contributed by atoms with Crippen LogP contribution < -0.4 is 5.73 Å². The van der Waals surface area contributed by atoms with Gasteiger partial charge in [0, 0.05) is 24.0 Å². The van der Waals surface area contributed by atoms with Crippen LogP contribution in [0.15, 0.2) is 46.4 Å². The lowest BCUT2D eigenvalue weighted by molar-refractivity contribution is -0.137. The number of hydrogen-bond acceptors (Lipinski definition) is 4. The number of fused-ring (bicyclic) bond motifs is 1. The van der Waals surface area contributed by atoms with E-state index >= 15 is 0 Å². The monoisotopic (exact) mass is 476 g/mol. The summed E-state index contributed by atoms with van der Waals surface area (Å²) < 4.78 is 40.6. The molecule has 1 amide bonds. The van der Waals surface area contributed by atoms with Gasteiger partial charge >= 0.3 is 6.18 Å². The van der Waals surface area contributed by atoms with Gasteiger partial charge < -0.3 is 10.6 Å². The van der Waals surface area contributed by atoms with Gasteiger partial charge in [-0.1, -0.05) is 36.7 Å². The van der Waals surface area contributed by atoms with Gasteiger partial charge in [-0.15, -0.1) is 0 Å². The van der Waals surface area contributed by atoms with Crippen LogP contribution in [-0.2, 0) is 6.18 Å². The van der Waals surface area contributed by atoms with E-state index in [1.165, 1.54) is 6.07 Å². The maximum absolute atomic E-state index is 13.5. The quantitative estimate of drug-likeness (QED) is 0.624. The summed E-state index contributed by atoms with van der Waals surface area (Å²) in [6, 6.07) is 8.58. The third-order valence-corrected chi connectivity index (χ3v) is 6.29. The van der Waals surface area contributed by atoms with Gasteiger partial charge in [0.25, 0.3) is 5.91 Å². The molecule has 1 saturated heterocycles. The van der Waals surface area contributed by atoms with Gasteiger partial charge in [0.15, 0.2) is 0 Å². The van der Waals surface area contributed by atoms with E-state index in [-0.39, 0.29) is 16.5 Å². The average molecular weight is 477 g/mol. The number of carbonyl (C=O) groups excluding carboxylic acids is 1. The minimum Gasteiger partial charge on any atom is -0.366 e. The van der Waals surface area contributed by atoms with Crippen LogP contribution in [0, 0.1) is 5.92 Å². The Labute approximate surface area is 195 Å². The molecule has 9 heteroatoms. The molecule has 0 saturated carbocycles. The van der Waals surface area contributed by atoms with Crippen molar-refractivity contribution in [2.75, 3.05) is 19.6 Å². The second-order valence-electron chi connectivity index (χ2n) is 8.51. The predicted octanol–water partition coefficient (Wildman–Crippen LogP) is 5.44. The van der Waals surface area contributed by atoms with Crippen molar-refractivity contribution in [2.45, 2.75) is 32.0 Å². The fourth-order valence-corrected chi connectivity index (χ4v) is 4.32. The van der Waals surface area contributed by atoms with Crippen LogP contribution in [0.25, 0.3) is 0 Å². The van der Waals surface area contributed by atoms with Gasteiger partial charge in [-0.3, -0.25) is 14.8 Å². The van der Waals surface area contributed by atoms with Gasteiger partial charge in [0.1, 0.15) is 0 Å². The summed E-state index contributed by atoms with van der Waals surface area (Å²) in [6.45, 7) is 4.22. The maximum atomic E-state index is 13.5. The number of halogens is 4. The van der Waals surface area contributed by atoms with Gasteiger partial charge in [-0.2, -0.15) is 13.2 Å². The molecule has 2 aliphatic heterocycles. The van der Waals surface area contributed by atoms with Crippen molar-refractivity contribution in [3.05, 3.63) is 63.7 Å². The van der Waals surface area contributed by atoms with Crippen molar-refractivity contribution in [3.8, 4) is 0 Å². The molecule has 2 heterocycles. The Morgan fingerprint density at radius 3 is 2.70 bits per heavy atom. The minimum absolute atomic E-state index is 0.0255. The molecule has 2 aromatic carbocycles. The molecule has 2 N–H and O–H groups in total. The highest BCUT2D eigenvalue weighted by atomic mass is 35.5. The van der Waals surface area contributed by atoms with Gasteiger partial charge in [0.2, 0.25) is 0 Å². The van der Waals surface area contributed by atoms with Crippen LogP contribution in [-0.4, -0.2) is 42.4 Å². The van der Waals surface area contributed by atoms with Crippen molar-refractivity contribution in [2.24, 2.45) is 21.6 Å². The summed E-state index contributed by atoms with van der Waals surface area (Å²) in [4.78, 5) is 23.6. The highest BCUT2D eigenvalue weighted by Crippen LogP contribution is 2.38. The summed E-state index contributed by atoms with van der Waals surface area (Å²) in [6.07, 6.45) is -1.22. The Morgan fingerprint density at radius 1 is 1.30 bits per heavy atom. The number of hydrogen-bond donors (Lipinski definition) is 1. The summed E-state index contributed by atoms with van der Waals surface area (Å²) >= 11 is 5.85. The molecule has 0 spiro atoms. The van der Waals surface area contributed by atoms with E-state index in [1.54, 1.807) is 24.4 Å². The van der Waals surface area contributed by atoms with E-state index in [2.05, 4.69) is 9.89 Å². The third kappa shape index (κ3) is 5.12. The van der Waals surface area contributed by atoms with Crippen LogP contribution in [0.2, 0.25) is 5.02 Å². The zero-order valence-electron chi connectivity index (χ0n) is 18.1. The van der Waals surface area contributed by atoms with Crippen molar-refractivity contribution >= 4 is 35.1 Å². The Hall–Kier alpha value is -2.71. The lowest BCUT2D eigenvalue weighted by atomic mass is 9.96. The standard InChI is InChI=1S/C24H24ClF3N4O/c1-14-10-20(16-4-2-5-17(23(29)33)22(16)30-12-14)31-21(13-32-8-3-9-32)15-6-7-19(25)18(11-15)24(26,27)28/h2,4-7,11-12,14,21H,3,8-10,13H2,1H3,(H2,29,33). The molecule has 33 heavy (non-hydrogen) atoms. The SMILES string of the molecule is CC1C=Nc2c(C(N)=O)cccc2C(=NC(CN2CCC2)c2ccc(Cl)c(C(F)(F)F)c2)C1. The second kappa shape index (κ2) is 9.27. The summed E-state index contributed by atoms with van der Waals surface area (Å²) in [5.74, 6) is -0.569. The highest BCUT2D eigenvalue weighted by molar-refractivity contribution is 6.31. The van der Waals surface area contributed by atoms with Gasteiger partial charge in [-0.05, 0) is 55.6 Å². The van der Waals surface area contributed by atoms with Crippen molar-refractivity contribution in [1.29, 1.82) is 0 Å². The normalized spacial score (nSPS) is 20.8. The molecule has 0 radical (unpaired) electrons. The number of carbonyl (C=O) groups is 1. The first-order valence-corrected chi connectivity index (χ1v) is 11.1. The van der Waals surface area contributed by atoms with E-state index in [4.69, 9.17) is 22.3 Å². The molecule has 174 valence electrons. The predicted molar refractivity (Wildman–Crippen MR) is 124 cm³/mol. The summed E-state index contributed by atoms with van der Waals surface area (Å²) in [5, 5.41) is -0.338.